The van der Waals surface area contributed by atoms with E-state index >= 15 is 0 Å². The molecule has 1 aromatic heterocycles. The summed E-state index contributed by atoms with van der Waals surface area (Å²) in [6.07, 6.45) is 4.59. The lowest BCUT2D eigenvalue weighted by molar-refractivity contribution is -0.113. The Morgan fingerprint density at radius 1 is 1.30 bits per heavy atom. The number of nitrogens with zero attached hydrogens (tertiary/aromatic N) is 4. The van der Waals surface area contributed by atoms with Gasteiger partial charge >= 0.3 is 0 Å². The van der Waals surface area contributed by atoms with Crippen LogP contribution in [0.1, 0.15) is 38.2 Å². The Bertz CT molecular complexity index is 971. The SMILES string of the molecule is COc1cc(Cl)c(C)cc1NC(=O)CSc1nnc(N2CCC(C)CC2)n1C[C@H]1CCCO1. The van der Waals surface area contributed by atoms with E-state index in [1.165, 1.54) is 11.8 Å². The number of aryl methyl sites for hydroxylation is 1. The van der Waals surface area contributed by atoms with Crippen molar-refractivity contribution in [2.75, 3.05) is 42.8 Å². The Balaban J connectivity index is 1.46. The number of hydrogen-bond donors (Lipinski definition) is 1. The highest BCUT2D eigenvalue weighted by Gasteiger charge is 2.26. The van der Waals surface area contributed by atoms with E-state index in [-0.39, 0.29) is 17.8 Å². The van der Waals surface area contributed by atoms with Crippen LogP contribution in [0.15, 0.2) is 17.3 Å². The fourth-order valence-electron chi connectivity index (χ4n) is 4.23. The first kappa shape index (κ1) is 24.2. The summed E-state index contributed by atoms with van der Waals surface area (Å²) in [6, 6.07) is 3.53. The van der Waals surface area contributed by atoms with Crippen molar-refractivity contribution in [2.45, 2.75) is 57.3 Å². The minimum Gasteiger partial charge on any atom is -0.495 e. The number of hydrogen-bond acceptors (Lipinski definition) is 7. The van der Waals surface area contributed by atoms with Gasteiger partial charge in [-0.15, -0.1) is 10.2 Å². The second-order valence-electron chi connectivity index (χ2n) is 8.84. The third-order valence-electron chi connectivity index (χ3n) is 6.26. The van der Waals surface area contributed by atoms with Crippen LogP contribution in [-0.2, 0) is 16.1 Å². The van der Waals surface area contributed by atoms with Crippen molar-refractivity contribution in [3.63, 3.8) is 0 Å². The molecule has 0 unspecified atom stereocenters. The number of anilines is 2. The molecular formula is C23H32ClN5O3S. The number of amides is 1. The van der Waals surface area contributed by atoms with Crippen LogP contribution in [0.25, 0.3) is 0 Å². The number of carbonyl (C=O) groups is 1. The maximum atomic E-state index is 12.7. The highest BCUT2D eigenvalue weighted by atomic mass is 35.5. The van der Waals surface area contributed by atoms with Gasteiger partial charge in [0.25, 0.3) is 0 Å². The standard InChI is InChI=1S/C23H32ClN5O3S/c1-15-6-8-28(9-7-15)22-26-27-23(29(22)13-17-5-4-10-32-17)33-14-21(30)25-19-11-16(2)18(24)12-20(19)31-3/h11-12,15,17H,4-10,13-14H2,1-3H3,(H,25,30)/t17-/m1/s1. The molecule has 0 saturated carbocycles. The molecule has 0 bridgehead atoms. The van der Waals surface area contributed by atoms with E-state index in [9.17, 15) is 4.79 Å². The van der Waals surface area contributed by atoms with Crippen LogP contribution in [0, 0.1) is 12.8 Å². The Labute approximate surface area is 204 Å². The van der Waals surface area contributed by atoms with Gasteiger partial charge in [-0.25, -0.2) is 0 Å². The molecule has 2 saturated heterocycles. The Morgan fingerprint density at radius 2 is 2.09 bits per heavy atom. The van der Waals surface area contributed by atoms with Gasteiger partial charge in [0, 0.05) is 30.8 Å². The maximum Gasteiger partial charge on any atom is 0.234 e. The molecule has 1 atom stereocenters. The van der Waals surface area contributed by atoms with E-state index < -0.39 is 0 Å². The number of thioether (sulfide) groups is 1. The lowest BCUT2D eigenvalue weighted by Crippen LogP contribution is -2.35. The molecule has 10 heteroatoms. The number of carbonyl (C=O) groups excluding carboxylic acids is 1. The second-order valence-corrected chi connectivity index (χ2v) is 10.2. The van der Waals surface area contributed by atoms with Gasteiger partial charge in [-0.1, -0.05) is 30.3 Å². The summed E-state index contributed by atoms with van der Waals surface area (Å²) in [6.45, 7) is 7.66. The van der Waals surface area contributed by atoms with E-state index in [0.29, 0.717) is 23.0 Å². The zero-order valence-electron chi connectivity index (χ0n) is 19.5. The minimum atomic E-state index is -0.139. The van der Waals surface area contributed by atoms with Crippen LogP contribution in [-0.4, -0.2) is 59.3 Å². The van der Waals surface area contributed by atoms with E-state index in [2.05, 4.69) is 31.9 Å². The summed E-state index contributed by atoms with van der Waals surface area (Å²) in [5.74, 6) is 2.23. The summed E-state index contributed by atoms with van der Waals surface area (Å²) in [7, 11) is 1.56. The number of aromatic nitrogens is 3. The molecule has 2 aliphatic rings. The number of benzene rings is 1. The first-order valence-electron chi connectivity index (χ1n) is 11.5. The summed E-state index contributed by atoms with van der Waals surface area (Å²) in [5, 5.41) is 13.2. The van der Waals surface area contributed by atoms with Gasteiger partial charge in [0.1, 0.15) is 5.75 Å². The molecule has 0 spiro atoms. The normalized spacial score (nSPS) is 19.2. The molecule has 33 heavy (non-hydrogen) atoms. The molecule has 1 amide bonds. The lowest BCUT2D eigenvalue weighted by Gasteiger charge is -2.31. The molecule has 8 nitrogen and oxygen atoms in total. The van der Waals surface area contributed by atoms with Crippen LogP contribution in [0.3, 0.4) is 0 Å². The van der Waals surface area contributed by atoms with E-state index in [1.54, 1.807) is 13.2 Å². The number of nitrogens with one attached hydrogen (secondary N) is 1. The molecule has 1 N–H and O–H groups in total. The molecule has 2 fully saturated rings. The molecule has 2 aliphatic heterocycles. The van der Waals surface area contributed by atoms with Gasteiger partial charge in [0.2, 0.25) is 11.9 Å². The van der Waals surface area contributed by atoms with Gasteiger partial charge in [-0.05, 0) is 50.2 Å². The van der Waals surface area contributed by atoms with Gasteiger partial charge in [0.05, 0.1) is 31.2 Å². The Hall–Kier alpha value is -1.97. The molecule has 1 aromatic carbocycles. The maximum absolute atomic E-state index is 12.7. The molecule has 2 aromatic rings. The summed E-state index contributed by atoms with van der Waals surface area (Å²) < 4.78 is 13.4. The third kappa shape index (κ3) is 5.94. The van der Waals surface area contributed by atoms with Crippen molar-refractivity contribution in [1.29, 1.82) is 0 Å². The molecule has 0 aliphatic carbocycles. The van der Waals surface area contributed by atoms with Crippen LogP contribution in [0.4, 0.5) is 11.6 Å². The molecule has 0 radical (unpaired) electrons. The summed E-state index contributed by atoms with van der Waals surface area (Å²) >= 11 is 7.57. The lowest BCUT2D eigenvalue weighted by atomic mass is 10.00. The van der Waals surface area contributed by atoms with Gasteiger partial charge in [0.15, 0.2) is 5.16 Å². The quantitative estimate of drug-likeness (QED) is 0.546. The number of methoxy groups -OCH3 is 1. The first-order valence-corrected chi connectivity index (χ1v) is 12.9. The Morgan fingerprint density at radius 3 is 2.79 bits per heavy atom. The molecule has 3 heterocycles. The smallest absolute Gasteiger partial charge is 0.234 e. The zero-order chi connectivity index (χ0) is 23.4. The highest BCUT2D eigenvalue weighted by molar-refractivity contribution is 7.99. The topological polar surface area (TPSA) is 81.5 Å². The first-order chi connectivity index (χ1) is 15.9. The third-order valence-corrected chi connectivity index (χ3v) is 7.64. The van der Waals surface area contributed by atoms with Crippen molar-refractivity contribution in [1.82, 2.24) is 14.8 Å². The van der Waals surface area contributed by atoms with Gasteiger partial charge in [-0.2, -0.15) is 0 Å². The van der Waals surface area contributed by atoms with Crippen molar-refractivity contribution >= 4 is 40.9 Å². The van der Waals surface area contributed by atoms with Gasteiger partial charge in [-0.3, -0.25) is 9.36 Å². The fourth-order valence-corrected chi connectivity index (χ4v) is 5.12. The number of piperidine rings is 1. The predicted molar refractivity (Wildman–Crippen MR) is 132 cm³/mol. The molecule has 4 rings (SSSR count). The largest absolute Gasteiger partial charge is 0.495 e. The van der Waals surface area contributed by atoms with Crippen LogP contribution in [0.5, 0.6) is 5.75 Å². The van der Waals surface area contributed by atoms with Crippen molar-refractivity contribution in [3.8, 4) is 5.75 Å². The van der Waals surface area contributed by atoms with E-state index in [1.807, 2.05) is 13.0 Å². The fraction of sp³-hybridized carbons (Fsp3) is 0.609. The van der Waals surface area contributed by atoms with E-state index in [0.717, 1.165) is 68.0 Å². The Kier molecular flexibility index (Phi) is 8.03. The van der Waals surface area contributed by atoms with Crippen molar-refractivity contribution in [3.05, 3.63) is 22.7 Å². The summed E-state index contributed by atoms with van der Waals surface area (Å²) in [5.41, 5.74) is 1.48. The monoisotopic (exact) mass is 493 g/mol. The van der Waals surface area contributed by atoms with Crippen LogP contribution >= 0.6 is 23.4 Å². The van der Waals surface area contributed by atoms with Crippen molar-refractivity contribution in [2.24, 2.45) is 5.92 Å². The van der Waals surface area contributed by atoms with Crippen LogP contribution in [0.2, 0.25) is 5.02 Å². The second kappa shape index (κ2) is 11.0. The number of halogens is 1. The van der Waals surface area contributed by atoms with Crippen molar-refractivity contribution < 1.29 is 14.3 Å². The molecule has 180 valence electrons. The number of rotatable bonds is 8. The predicted octanol–water partition coefficient (Wildman–Crippen LogP) is 4.39. The highest BCUT2D eigenvalue weighted by Crippen LogP contribution is 2.32. The summed E-state index contributed by atoms with van der Waals surface area (Å²) in [4.78, 5) is 15.1. The van der Waals surface area contributed by atoms with Crippen LogP contribution < -0.4 is 15.0 Å². The minimum absolute atomic E-state index is 0.139. The van der Waals surface area contributed by atoms with Gasteiger partial charge < -0.3 is 19.7 Å². The average Bonchev–Trinajstić information content (AvgIpc) is 3.46. The number of ether oxygens (including phenoxy) is 2. The average molecular weight is 494 g/mol. The zero-order valence-corrected chi connectivity index (χ0v) is 21.0. The molecular weight excluding hydrogens is 462 g/mol. The van der Waals surface area contributed by atoms with E-state index in [4.69, 9.17) is 21.1 Å².